The summed E-state index contributed by atoms with van der Waals surface area (Å²) in [5.74, 6) is -0.873. The summed E-state index contributed by atoms with van der Waals surface area (Å²) in [5.41, 5.74) is 0. The molecule has 0 aromatic heterocycles. The lowest BCUT2D eigenvalue weighted by Gasteiger charge is -2.18. The van der Waals surface area contributed by atoms with Crippen molar-refractivity contribution in [2.45, 2.75) is 361 Å². The third-order valence-corrected chi connectivity index (χ3v) is 15.0. The standard InChI is InChI=1S/C71H128O6/c1-4-7-10-13-16-19-22-24-26-28-29-30-31-32-33-34-35-36-37-38-39-40-41-43-44-46-49-52-55-58-61-64-70(73)76-67-68(66-75-69(72)63-60-57-54-51-48-21-18-15-12-9-6-3)77-71(74)65-62-59-56-53-50-47-45-42-27-25-23-20-17-14-11-8-5-2/h15,18,22,24-25,27-29,31-32,68H,4-14,16-17,19-21,23,26,30,33-67H2,1-3H3/b18-15-,24-22-,27-25-,29-28-,32-31-. The summed E-state index contributed by atoms with van der Waals surface area (Å²) >= 11 is 0. The number of unbranched alkanes of at least 4 members (excludes halogenated alkanes) is 41. The molecule has 0 amide bonds. The summed E-state index contributed by atoms with van der Waals surface area (Å²) in [6.45, 7) is 6.62. The predicted octanol–water partition coefficient (Wildman–Crippen LogP) is 23.1. The van der Waals surface area contributed by atoms with Crippen LogP contribution in [0, 0.1) is 0 Å². The average molecular weight is 1080 g/mol. The normalized spacial score (nSPS) is 12.4. The zero-order valence-electron chi connectivity index (χ0n) is 51.5. The largest absolute Gasteiger partial charge is 0.462 e. The van der Waals surface area contributed by atoms with E-state index in [-0.39, 0.29) is 31.1 Å². The Balaban J connectivity index is 4.14. The third-order valence-electron chi connectivity index (χ3n) is 15.0. The van der Waals surface area contributed by atoms with Gasteiger partial charge in [0, 0.05) is 19.3 Å². The van der Waals surface area contributed by atoms with Crippen LogP contribution in [0.1, 0.15) is 355 Å². The SMILES string of the molecule is CCCC/C=C\CCCCCCCC(=O)OCC(COC(=O)CCCCCCCCCCCCCCCCCC/C=C\C/C=C\C/C=C\CCCCCCC)OC(=O)CCCCCCCCC/C=C\CCCCCCCC. The van der Waals surface area contributed by atoms with Crippen LogP contribution in [0.25, 0.3) is 0 Å². The van der Waals surface area contributed by atoms with Crippen LogP contribution < -0.4 is 0 Å². The zero-order valence-corrected chi connectivity index (χ0v) is 51.5. The quantitative estimate of drug-likeness (QED) is 0.0261. The molecular weight excluding hydrogens is 949 g/mol. The Morgan fingerprint density at radius 2 is 0.481 bits per heavy atom. The number of ether oxygens (including phenoxy) is 3. The summed E-state index contributed by atoms with van der Waals surface area (Å²) in [5, 5.41) is 0. The van der Waals surface area contributed by atoms with E-state index in [2.05, 4.69) is 81.5 Å². The second kappa shape index (κ2) is 65.6. The lowest BCUT2D eigenvalue weighted by Crippen LogP contribution is -2.30. The zero-order chi connectivity index (χ0) is 55.7. The van der Waals surface area contributed by atoms with Crippen LogP contribution in [0.5, 0.6) is 0 Å². The monoisotopic (exact) mass is 1080 g/mol. The Bertz CT molecular complexity index is 1380. The first-order chi connectivity index (χ1) is 38.0. The minimum absolute atomic E-state index is 0.0756. The Labute approximate surface area is 479 Å². The number of carbonyl (C=O) groups excluding carboxylic acids is 3. The molecule has 0 rings (SSSR count). The van der Waals surface area contributed by atoms with Crippen LogP contribution in [0.3, 0.4) is 0 Å². The van der Waals surface area contributed by atoms with Crippen molar-refractivity contribution >= 4 is 17.9 Å². The molecule has 6 heteroatoms. The van der Waals surface area contributed by atoms with Crippen molar-refractivity contribution in [2.24, 2.45) is 0 Å². The third kappa shape index (κ3) is 63.8. The number of hydrogen-bond acceptors (Lipinski definition) is 6. The highest BCUT2D eigenvalue weighted by Gasteiger charge is 2.19. The van der Waals surface area contributed by atoms with Gasteiger partial charge in [0.2, 0.25) is 0 Å². The molecule has 1 atom stereocenters. The van der Waals surface area contributed by atoms with Crippen molar-refractivity contribution in [1.29, 1.82) is 0 Å². The average Bonchev–Trinajstić information content (AvgIpc) is 3.43. The van der Waals surface area contributed by atoms with Crippen molar-refractivity contribution < 1.29 is 28.6 Å². The number of carbonyl (C=O) groups is 3. The van der Waals surface area contributed by atoms with E-state index >= 15 is 0 Å². The van der Waals surface area contributed by atoms with Crippen molar-refractivity contribution in [2.75, 3.05) is 13.2 Å². The van der Waals surface area contributed by atoms with Crippen molar-refractivity contribution in [3.05, 3.63) is 60.8 Å². The van der Waals surface area contributed by atoms with E-state index < -0.39 is 6.10 Å². The lowest BCUT2D eigenvalue weighted by atomic mass is 10.0. The molecule has 0 saturated carbocycles. The van der Waals surface area contributed by atoms with Gasteiger partial charge in [0.1, 0.15) is 13.2 Å². The Kier molecular flexibility index (Phi) is 63.2. The maximum atomic E-state index is 12.9. The first-order valence-electron chi connectivity index (χ1n) is 33.8. The summed E-state index contributed by atoms with van der Waals surface area (Å²) in [6, 6.07) is 0. The van der Waals surface area contributed by atoms with Crippen molar-refractivity contribution in [1.82, 2.24) is 0 Å². The Hall–Kier alpha value is -2.89. The molecule has 6 nitrogen and oxygen atoms in total. The van der Waals surface area contributed by atoms with Gasteiger partial charge in [-0.25, -0.2) is 0 Å². The van der Waals surface area contributed by atoms with Gasteiger partial charge >= 0.3 is 17.9 Å². The molecule has 448 valence electrons. The van der Waals surface area contributed by atoms with E-state index in [1.807, 2.05) is 0 Å². The Morgan fingerprint density at radius 3 is 0.779 bits per heavy atom. The van der Waals surface area contributed by atoms with Gasteiger partial charge in [-0.15, -0.1) is 0 Å². The van der Waals surface area contributed by atoms with Gasteiger partial charge in [0.05, 0.1) is 0 Å². The highest BCUT2D eigenvalue weighted by Crippen LogP contribution is 2.17. The second-order valence-corrected chi connectivity index (χ2v) is 22.7. The summed E-state index contributed by atoms with van der Waals surface area (Å²) in [7, 11) is 0. The molecule has 0 saturated heterocycles. The number of esters is 3. The van der Waals surface area contributed by atoms with Gasteiger partial charge in [-0.1, -0.05) is 293 Å². The Morgan fingerprint density at radius 1 is 0.260 bits per heavy atom. The van der Waals surface area contributed by atoms with Crippen LogP contribution in [0.2, 0.25) is 0 Å². The minimum Gasteiger partial charge on any atom is -0.462 e. The van der Waals surface area contributed by atoms with E-state index in [4.69, 9.17) is 14.2 Å². The fraction of sp³-hybridized carbons (Fsp3) is 0.817. The van der Waals surface area contributed by atoms with E-state index in [1.165, 1.54) is 238 Å². The molecule has 0 aromatic carbocycles. The predicted molar refractivity (Wildman–Crippen MR) is 335 cm³/mol. The molecule has 0 aliphatic carbocycles. The van der Waals surface area contributed by atoms with Gasteiger partial charge < -0.3 is 14.2 Å². The van der Waals surface area contributed by atoms with Gasteiger partial charge in [-0.2, -0.15) is 0 Å². The van der Waals surface area contributed by atoms with Gasteiger partial charge in [0.15, 0.2) is 6.10 Å². The molecule has 0 N–H and O–H groups in total. The molecule has 0 heterocycles. The van der Waals surface area contributed by atoms with E-state index in [0.717, 1.165) is 77.0 Å². The van der Waals surface area contributed by atoms with Crippen molar-refractivity contribution in [3.63, 3.8) is 0 Å². The number of allylic oxidation sites excluding steroid dienone is 10. The first kappa shape index (κ1) is 74.1. The number of hydrogen-bond donors (Lipinski definition) is 0. The minimum atomic E-state index is -0.779. The summed E-state index contributed by atoms with van der Waals surface area (Å²) < 4.78 is 16.9. The highest BCUT2D eigenvalue weighted by molar-refractivity contribution is 5.71. The lowest BCUT2D eigenvalue weighted by molar-refractivity contribution is -0.167. The van der Waals surface area contributed by atoms with Crippen LogP contribution in [0.4, 0.5) is 0 Å². The van der Waals surface area contributed by atoms with Gasteiger partial charge in [-0.3, -0.25) is 14.4 Å². The topological polar surface area (TPSA) is 78.9 Å². The summed E-state index contributed by atoms with van der Waals surface area (Å²) in [4.78, 5) is 38.3. The van der Waals surface area contributed by atoms with Crippen LogP contribution in [0.15, 0.2) is 60.8 Å². The molecule has 1 unspecified atom stereocenters. The molecule has 0 aliphatic rings. The fourth-order valence-corrected chi connectivity index (χ4v) is 9.84. The van der Waals surface area contributed by atoms with E-state index in [1.54, 1.807) is 0 Å². The van der Waals surface area contributed by atoms with E-state index in [9.17, 15) is 14.4 Å². The van der Waals surface area contributed by atoms with Gasteiger partial charge in [-0.05, 0) is 103 Å². The maximum absolute atomic E-state index is 12.9. The highest BCUT2D eigenvalue weighted by atomic mass is 16.6. The van der Waals surface area contributed by atoms with E-state index in [0.29, 0.717) is 19.3 Å². The van der Waals surface area contributed by atoms with Crippen molar-refractivity contribution in [3.8, 4) is 0 Å². The first-order valence-corrected chi connectivity index (χ1v) is 33.8. The molecule has 0 fully saturated rings. The molecule has 0 aliphatic heterocycles. The molecule has 77 heavy (non-hydrogen) atoms. The van der Waals surface area contributed by atoms with Gasteiger partial charge in [0.25, 0.3) is 0 Å². The molecule has 0 aromatic rings. The van der Waals surface area contributed by atoms with Crippen LogP contribution >= 0.6 is 0 Å². The summed E-state index contributed by atoms with van der Waals surface area (Å²) in [6.07, 6.45) is 83.9. The molecular formula is C71H128O6. The fourth-order valence-electron chi connectivity index (χ4n) is 9.84. The molecule has 0 radical (unpaired) electrons. The number of rotatable bonds is 62. The maximum Gasteiger partial charge on any atom is 0.306 e. The van der Waals surface area contributed by atoms with Crippen LogP contribution in [-0.4, -0.2) is 37.2 Å². The second-order valence-electron chi connectivity index (χ2n) is 22.7. The molecule has 0 bridgehead atoms. The smallest absolute Gasteiger partial charge is 0.306 e. The van der Waals surface area contributed by atoms with Crippen LogP contribution in [-0.2, 0) is 28.6 Å². The molecule has 0 spiro atoms.